The van der Waals surface area contributed by atoms with Crippen LogP contribution in [0.3, 0.4) is 0 Å². The SMILES string of the molecule is CC1CN(c2ncc(Cl)cc2N)CCCO1. The molecule has 2 rings (SSSR count). The van der Waals surface area contributed by atoms with E-state index in [4.69, 9.17) is 22.1 Å². The number of ether oxygens (including phenoxy) is 1. The number of rotatable bonds is 1. The molecule has 0 spiro atoms. The zero-order chi connectivity index (χ0) is 11.5. The first kappa shape index (κ1) is 11.5. The minimum Gasteiger partial charge on any atom is -0.396 e. The topological polar surface area (TPSA) is 51.4 Å². The lowest BCUT2D eigenvalue weighted by atomic mass is 10.3. The average Bonchev–Trinajstić information content (AvgIpc) is 2.43. The van der Waals surface area contributed by atoms with Crippen LogP contribution in [0, 0.1) is 0 Å². The maximum absolute atomic E-state index is 5.92. The molecule has 5 heteroatoms. The minimum absolute atomic E-state index is 0.208. The van der Waals surface area contributed by atoms with Gasteiger partial charge in [-0.25, -0.2) is 4.98 Å². The lowest BCUT2D eigenvalue weighted by Gasteiger charge is -2.24. The quantitative estimate of drug-likeness (QED) is 0.816. The van der Waals surface area contributed by atoms with Gasteiger partial charge in [0.15, 0.2) is 5.82 Å². The largest absolute Gasteiger partial charge is 0.396 e. The Balaban J connectivity index is 2.21. The molecular formula is C11H16ClN3O. The summed E-state index contributed by atoms with van der Waals surface area (Å²) in [7, 11) is 0. The highest BCUT2D eigenvalue weighted by molar-refractivity contribution is 6.30. The van der Waals surface area contributed by atoms with Gasteiger partial charge in [0.1, 0.15) is 0 Å². The van der Waals surface area contributed by atoms with Gasteiger partial charge in [0, 0.05) is 25.9 Å². The van der Waals surface area contributed by atoms with Crippen LogP contribution in [0.1, 0.15) is 13.3 Å². The molecule has 1 atom stereocenters. The summed E-state index contributed by atoms with van der Waals surface area (Å²) in [6.45, 7) is 4.59. The molecule has 2 N–H and O–H groups in total. The number of pyridine rings is 1. The summed E-state index contributed by atoms with van der Waals surface area (Å²) in [4.78, 5) is 6.45. The molecule has 1 aromatic rings. The average molecular weight is 242 g/mol. The molecule has 0 amide bonds. The molecule has 16 heavy (non-hydrogen) atoms. The molecule has 0 aromatic carbocycles. The van der Waals surface area contributed by atoms with Crippen LogP contribution in [0.2, 0.25) is 5.02 Å². The second kappa shape index (κ2) is 4.89. The molecule has 2 heterocycles. The normalized spacial score (nSPS) is 21.9. The summed E-state index contributed by atoms with van der Waals surface area (Å²) in [5.41, 5.74) is 6.55. The van der Waals surface area contributed by atoms with E-state index in [0.717, 1.165) is 31.9 Å². The van der Waals surface area contributed by atoms with Crippen LogP contribution in [0.5, 0.6) is 0 Å². The van der Waals surface area contributed by atoms with E-state index >= 15 is 0 Å². The van der Waals surface area contributed by atoms with Crippen molar-refractivity contribution in [2.24, 2.45) is 0 Å². The zero-order valence-electron chi connectivity index (χ0n) is 9.32. The molecule has 1 aromatic heterocycles. The van der Waals surface area contributed by atoms with Gasteiger partial charge in [-0.2, -0.15) is 0 Å². The van der Waals surface area contributed by atoms with Gasteiger partial charge in [0.2, 0.25) is 0 Å². The first-order valence-electron chi connectivity index (χ1n) is 5.44. The standard InChI is InChI=1S/C11H16ClN3O/c1-8-7-15(3-2-4-16-8)11-10(13)5-9(12)6-14-11/h5-6,8H,2-4,7,13H2,1H3. The van der Waals surface area contributed by atoms with Crippen molar-refractivity contribution in [3.63, 3.8) is 0 Å². The van der Waals surface area contributed by atoms with E-state index in [2.05, 4.69) is 16.8 Å². The van der Waals surface area contributed by atoms with Gasteiger partial charge in [0.25, 0.3) is 0 Å². The zero-order valence-corrected chi connectivity index (χ0v) is 10.1. The fraction of sp³-hybridized carbons (Fsp3) is 0.545. The molecule has 1 aliphatic heterocycles. The third kappa shape index (κ3) is 2.57. The van der Waals surface area contributed by atoms with E-state index in [0.29, 0.717) is 10.7 Å². The van der Waals surface area contributed by atoms with Gasteiger partial charge in [-0.05, 0) is 19.4 Å². The lowest BCUT2D eigenvalue weighted by molar-refractivity contribution is 0.0820. The molecule has 4 nitrogen and oxygen atoms in total. The van der Waals surface area contributed by atoms with Crippen molar-refractivity contribution in [3.05, 3.63) is 17.3 Å². The fourth-order valence-corrected chi connectivity index (χ4v) is 2.06. The Bertz CT molecular complexity index is 372. The van der Waals surface area contributed by atoms with E-state index in [1.807, 2.05) is 0 Å². The summed E-state index contributed by atoms with van der Waals surface area (Å²) in [5, 5.41) is 0.570. The summed E-state index contributed by atoms with van der Waals surface area (Å²) in [5.74, 6) is 0.807. The highest BCUT2D eigenvalue weighted by Gasteiger charge is 2.18. The van der Waals surface area contributed by atoms with E-state index < -0.39 is 0 Å². The number of halogens is 1. The van der Waals surface area contributed by atoms with Gasteiger partial charge in [-0.1, -0.05) is 11.6 Å². The molecule has 0 radical (unpaired) electrons. The van der Waals surface area contributed by atoms with Crippen molar-refractivity contribution in [1.29, 1.82) is 0 Å². The maximum Gasteiger partial charge on any atom is 0.151 e. The van der Waals surface area contributed by atoms with Crippen molar-refractivity contribution in [1.82, 2.24) is 4.98 Å². The number of hydrogen-bond donors (Lipinski definition) is 1. The summed E-state index contributed by atoms with van der Waals surface area (Å²) in [6.07, 6.45) is 2.83. The van der Waals surface area contributed by atoms with Crippen LogP contribution in [0.15, 0.2) is 12.3 Å². The monoisotopic (exact) mass is 241 g/mol. The van der Waals surface area contributed by atoms with Gasteiger partial charge in [-0.15, -0.1) is 0 Å². The minimum atomic E-state index is 0.208. The molecule has 0 bridgehead atoms. The van der Waals surface area contributed by atoms with Gasteiger partial charge < -0.3 is 15.4 Å². The summed E-state index contributed by atoms with van der Waals surface area (Å²) < 4.78 is 5.58. The molecular weight excluding hydrogens is 226 g/mol. The van der Waals surface area contributed by atoms with Gasteiger partial charge in [-0.3, -0.25) is 0 Å². The second-order valence-corrected chi connectivity index (χ2v) is 4.48. The van der Waals surface area contributed by atoms with Crippen molar-refractivity contribution in [2.45, 2.75) is 19.4 Å². The van der Waals surface area contributed by atoms with Crippen LogP contribution < -0.4 is 10.6 Å². The number of anilines is 2. The third-order valence-electron chi connectivity index (χ3n) is 2.61. The van der Waals surface area contributed by atoms with Crippen LogP contribution in [0.25, 0.3) is 0 Å². The molecule has 88 valence electrons. The Morgan fingerprint density at radius 3 is 3.19 bits per heavy atom. The number of aromatic nitrogens is 1. The predicted octanol–water partition coefficient (Wildman–Crippen LogP) is 1.93. The smallest absolute Gasteiger partial charge is 0.151 e. The van der Waals surface area contributed by atoms with Crippen molar-refractivity contribution in [2.75, 3.05) is 30.3 Å². The number of hydrogen-bond acceptors (Lipinski definition) is 4. The number of nitrogens with zero attached hydrogens (tertiary/aromatic N) is 2. The van der Waals surface area contributed by atoms with Gasteiger partial charge in [0.05, 0.1) is 16.8 Å². The molecule has 1 saturated heterocycles. The molecule has 1 unspecified atom stereocenters. The van der Waals surface area contributed by atoms with E-state index in [1.165, 1.54) is 0 Å². The first-order valence-corrected chi connectivity index (χ1v) is 5.82. The Labute approximate surface area is 100 Å². The van der Waals surface area contributed by atoms with Crippen molar-refractivity contribution >= 4 is 23.1 Å². The van der Waals surface area contributed by atoms with Gasteiger partial charge >= 0.3 is 0 Å². The summed E-state index contributed by atoms with van der Waals surface area (Å²) >= 11 is 5.83. The van der Waals surface area contributed by atoms with Crippen LogP contribution in [-0.4, -0.2) is 30.8 Å². The lowest BCUT2D eigenvalue weighted by Crippen LogP contribution is -2.31. The van der Waals surface area contributed by atoms with Crippen molar-refractivity contribution in [3.8, 4) is 0 Å². The van der Waals surface area contributed by atoms with Crippen molar-refractivity contribution < 1.29 is 4.74 Å². The highest BCUT2D eigenvalue weighted by atomic mass is 35.5. The molecule has 0 aliphatic carbocycles. The predicted molar refractivity (Wildman–Crippen MR) is 65.9 cm³/mol. The van der Waals surface area contributed by atoms with Crippen LogP contribution >= 0.6 is 11.6 Å². The van der Waals surface area contributed by atoms with Crippen LogP contribution in [0.4, 0.5) is 11.5 Å². The van der Waals surface area contributed by atoms with E-state index in [-0.39, 0.29) is 6.10 Å². The molecule has 1 fully saturated rings. The second-order valence-electron chi connectivity index (χ2n) is 4.05. The molecule has 1 aliphatic rings. The van der Waals surface area contributed by atoms with Crippen LogP contribution in [-0.2, 0) is 4.74 Å². The summed E-state index contributed by atoms with van der Waals surface area (Å²) in [6, 6.07) is 1.74. The Hall–Kier alpha value is -1.00. The maximum atomic E-state index is 5.92. The van der Waals surface area contributed by atoms with E-state index in [9.17, 15) is 0 Å². The Kier molecular flexibility index (Phi) is 3.51. The number of nitrogen functional groups attached to an aromatic ring is 1. The Morgan fingerprint density at radius 1 is 1.62 bits per heavy atom. The molecule has 0 saturated carbocycles. The fourth-order valence-electron chi connectivity index (χ4n) is 1.90. The Morgan fingerprint density at radius 2 is 2.44 bits per heavy atom. The third-order valence-corrected chi connectivity index (χ3v) is 2.82. The number of nitrogens with two attached hydrogens (primary N) is 1. The highest BCUT2D eigenvalue weighted by Crippen LogP contribution is 2.24. The first-order chi connectivity index (χ1) is 7.66. The van der Waals surface area contributed by atoms with E-state index in [1.54, 1.807) is 12.3 Å².